The van der Waals surface area contributed by atoms with Crippen LogP contribution in [0, 0.1) is 0 Å². The largest absolute Gasteiger partial charge is 0.0619 e. The van der Waals surface area contributed by atoms with E-state index in [9.17, 15) is 0 Å². The molecule has 12 aromatic rings. The topological polar surface area (TPSA) is 0 Å². The lowest BCUT2D eigenvalue weighted by Crippen LogP contribution is -2.15. The molecule has 0 heteroatoms. The molecule has 0 amide bonds. The summed E-state index contributed by atoms with van der Waals surface area (Å²) in [4.78, 5) is 0. The monoisotopic (exact) mass is 878 g/mol. The summed E-state index contributed by atoms with van der Waals surface area (Å²) in [6, 6.07) is 75.0. The highest BCUT2D eigenvalue weighted by molar-refractivity contribution is 6.27. The Morgan fingerprint density at radius 3 is 1.26 bits per heavy atom. The summed E-state index contributed by atoms with van der Waals surface area (Å²) < 4.78 is 0. The van der Waals surface area contributed by atoms with Crippen molar-refractivity contribution in [3.05, 3.63) is 228 Å². The lowest BCUT2D eigenvalue weighted by atomic mass is 9.77. The van der Waals surface area contributed by atoms with E-state index in [-0.39, 0.29) is 16.2 Å². The summed E-state index contributed by atoms with van der Waals surface area (Å²) in [6.45, 7) is 14.5. The molecule has 0 radical (unpaired) electrons. The summed E-state index contributed by atoms with van der Waals surface area (Å²) in [5.41, 5.74) is 23.7. The Kier molecular flexibility index (Phi) is 7.53. The summed E-state index contributed by atoms with van der Waals surface area (Å²) in [6.07, 6.45) is 0. The first kappa shape index (κ1) is 39.2. The average molecular weight is 879 g/mol. The zero-order chi connectivity index (χ0) is 46.3. The second-order valence-electron chi connectivity index (χ2n) is 22.0. The van der Waals surface area contributed by atoms with Crippen molar-refractivity contribution in [2.24, 2.45) is 0 Å². The van der Waals surface area contributed by atoms with Gasteiger partial charge in [-0.25, -0.2) is 0 Å². The zero-order valence-corrected chi connectivity index (χ0v) is 40.0. The summed E-state index contributed by atoms with van der Waals surface area (Å²) in [5, 5.41) is 13.1. The van der Waals surface area contributed by atoms with Crippen LogP contribution in [0.5, 0.6) is 0 Å². The van der Waals surface area contributed by atoms with Gasteiger partial charge in [-0.05, 0) is 190 Å². The second kappa shape index (κ2) is 13.2. The van der Waals surface area contributed by atoms with Crippen molar-refractivity contribution in [3.63, 3.8) is 0 Å². The number of rotatable bonds is 3. The van der Waals surface area contributed by atoms with Crippen LogP contribution in [0.4, 0.5) is 0 Å². The maximum absolute atomic E-state index is 2.60. The van der Waals surface area contributed by atoms with Crippen LogP contribution in [0.3, 0.4) is 0 Å². The van der Waals surface area contributed by atoms with E-state index in [0.717, 1.165) is 0 Å². The molecule has 0 saturated carbocycles. The van der Waals surface area contributed by atoms with Crippen LogP contribution >= 0.6 is 0 Å². The van der Waals surface area contributed by atoms with Crippen LogP contribution in [-0.2, 0) is 16.2 Å². The van der Waals surface area contributed by atoms with Crippen molar-refractivity contribution < 1.29 is 0 Å². The van der Waals surface area contributed by atoms with Crippen molar-refractivity contribution >= 4 is 53.9 Å². The van der Waals surface area contributed by atoms with E-state index in [4.69, 9.17) is 0 Å². The highest BCUT2D eigenvalue weighted by atomic mass is 14.4. The van der Waals surface area contributed by atoms with Gasteiger partial charge in [0.1, 0.15) is 0 Å². The predicted octanol–water partition coefficient (Wildman–Crippen LogP) is 18.8. The molecule has 0 aromatic heterocycles. The van der Waals surface area contributed by atoms with Crippen molar-refractivity contribution in [2.45, 2.75) is 57.8 Å². The number of hydrogen-bond donors (Lipinski definition) is 0. The molecule has 3 aliphatic carbocycles. The minimum atomic E-state index is -0.248. The molecular weight excluding hydrogens is 829 g/mol. The standard InChI is InChI=1S/C69H50/c1-67(2)57-23-11-9-18-45(57)47-31-28-43(35-60(47)67)64-50-20-7-8-21-51(50)65(44-29-32-48-46-19-10-12-24-58(46)68(3,4)61(48)36-44)56-38-62-54(37-55(56)64)49-30-27-41(34-59(49)69(62,5)6)53-33-42-17-13-15-39-25-26-40-16-14-22-52(53)66(40)63(39)42/h7-38H,1-6H3. The Hall–Kier alpha value is -7.80. The fourth-order valence-corrected chi connectivity index (χ4v) is 13.9. The summed E-state index contributed by atoms with van der Waals surface area (Å²) in [7, 11) is 0. The molecule has 69 heavy (non-hydrogen) atoms. The molecule has 0 bridgehead atoms. The number of fused-ring (bicyclic) bond motifs is 11. The minimum Gasteiger partial charge on any atom is -0.0619 e. The Balaban J connectivity index is 1.000. The van der Waals surface area contributed by atoms with E-state index in [0.29, 0.717) is 0 Å². The van der Waals surface area contributed by atoms with Gasteiger partial charge in [0.25, 0.3) is 0 Å². The Morgan fingerprint density at radius 1 is 0.232 bits per heavy atom. The molecule has 0 nitrogen and oxygen atoms in total. The quantitative estimate of drug-likeness (QED) is 0.123. The smallest absolute Gasteiger partial charge is 0.0159 e. The van der Waals surface area contributed by atoms with E-state index >= 15 is 0 Å². The Bertz CT molecular complexity index is 4260. The van der Waals surface area contributed by atoms with Gasteiger partial charge in [0.2, 0.25) is 0 Å². The molecule has 15 rings (SSSR count). The van der Waals surface area contributed by atoms with Gasteiger partial charge in [0, 0.05) is 16.2 Å². The molecule has 0 saturated heterocycles. The molecular formula is C69H50. The molecule has 326 valence electrons. The fourth-order valence-electron chi connectivity index (χ4n) is 13.9. The molecule has 3 aliphatic rings. The maximum Gasteiger partial charge on any atom is 0.0159 e. The fraction of sp³-hybridized carbons (Fsp3) is 0.130. The van der Waals surface area contributed by atoms with Crippen LogP contribution in [0.25, 0.3) is 121 Å². The first-order valence-electron chi connectivity index (χ1n) is 24.8. The first-order chi connectivity index (χ1) is 33.5. The second-order valence-corrected chi connectivity index (χ2v) is 22.0. The van der Waals surface area contributed by atoms with Crippen LogP contribution in [-0.4, -0.2) is 0 Å². The van der Waals surface area contributed by atoms with Gasteiger partial charge in [0.05, 0.1) is 0 Å². The van der Waals surface area contributed by atoms with Gasteiger partial charge in [-0.3, -0.25) is 0 Å². The zero-order valence-electron chi connectivity index (χ0n) is 40.0. The van der Waals surface area contributed by atoms with Crippen LogP contribution < -0.4 is 0 Å². The van der Waals surface area contributed by atoms with Gasteiger partial charge in [-0.15, -0.1) is 0 Å². The molecule has 0 unspecified atom stereocenters. The summed E-state index contributed by atoms with van der Waals surface area (Å²) >= 11 is 0. The predicted molar refractivity (Wildman–Crippen MR) is 294 cm³/mol. The Labute approximate surface area is 403 Å². The third-order valence-corrected chi connectivity index (χ3v) is 17.4. The van der Waals surface area contributed by atoms with Crippen LogP contribution in [0.2, 0.25) is 0 Å². The van der Waals surface area contributed by atoms with E-state index in [1.165, 1.54) is 154 Å². The molecule has 0 N–H and O–H groups in total. The van der Waals surface area contributed by atoms with Gasteiger partial charge in [-0.2, -0.15) is 0 Å². The van der Waals surface area contributed by atoms with E-state index < -0.39 is 0 Å². The van der Waals surface area contributed by atoms with Crippen LogP contribution in [0.1, 0.15) is 74.9 Å². The third-order valence-electron chi connectivity index (χ3n) is 17.4. The van der Waals surface area contributed by atoms with Gasteiger partial charge in [0.15, 0.2) is 0 Å². The van der Waals surface area contributed by atoms with Gasteiger partial charge >= 0.3 is 0 Å². The average Bonchev–Trinajstić information content (AvgIpc) is 3.85. The highest BCUT2D eigenvalue weighted by Gasteiger charge is 2.40. The SMILES string of the molecule is CC1(C)c2ccccc2-c2ccc(-c3c4ccccc4c(-c4ccc5c(c4)C(C)(C)c4ccccc4-5)c4cc5c(cc34)-c3ccc(-c4cc6cccc7ccc8cccc4c8c76)cc3C5(C)C)cc21. The van der Waals surface area contributed by atoms with Gasteiger partial charge in [-0.1, -0.05) is 199 Å². The van der Waals surface area contributed by atoms with Crippen molar-refractivity contribution in [1.82, 2.24) is 0 Å². The molecule has 0 spiro atoms. The molecule has 0 heterocycles. The molecule has 12 aromatic carbocycles. The number of benzene rings is 12. The van der Waals surface area contributed by atoms with Gasteiger partial charge < -0.3 is 0 Å². The molecule has 0 aliphatic heterocycles. The highest BCUT2D eigenvalue weighted by Crippen LogP contribution is 2.57. The third kappa shape index (κ3) is 5.04. The van der Waals surface area contributed by atoms with E-state index in [2.05, 4.69) is 236 Å². The molecule has 0 atom stereocenters. The minimum absolute atomic E-state index is 0.112. The van der Waals surface area contributed by atoms with E-state index in [1.54, 1.807) is 0 Å². The Morgan fingerprint density at radius 2 is 0.652 bits per heavy atom. The van der Waals surface area contributed by atoms with Crippen LogP contribution in [0.15, 0.2) is 194 Å². The lowest BCUT2D eigenvalue weighted by Gasteiger charge is -2.25. The number of hydrogen-bond acceptors (Lipinski definition) is 0. The van der Waals surface area contributed by atoms with E-state index in [1.807, 2.05) is 0 Å². The summed E-state index contributed by atoms with van der Waals surface area (Å²) in [5.74, 6) is 0. The first-order valence-corrected chi connectivity index (χ1v) is 24.8. The van der Waals surface area contributed by atoms with Crippen molar-refractivity contribution in [2.75, 3.05) is 0 Å². The lowest BCUT2D eigenvalue weighted by molar-refractivity contribution is 0.660. The van der Waals surface area contributed by atoms with Crippen molar-refractivity contribution in [1.29, 1.82) is 0 Å². The van der Waals surface area contributed by atoms with Crippen molar-refractivity contribution in [3.8, 4) is 66.8 Å². The normalized spacial score (nSPS) is 15.4. The molecule has 0 fully saturated rings. The maximum atomic E-state index is 2.60.